The quantitative estimate of drug-likeness (QED) is 0.116. The highest BCUT2D eigenvalue weighted by Crippen LogP contribution is 2.28. The third-order valence-electron chi connectivity index (χ3n) is 6.78. The molecule has 0 radical (unpaired) electrons. The van der Waals surface area contributed by atoms with Crippen molar-refractivity contribution in [2.75, 3.05) is 38.5 Å². The first kappa shape index (κ1) is 29.4. The van der Waals surface area contributed by atoms with E-state index in [4.69, 9.17) is 15.5 Å². The molecule has 204 valence electrons. The van der Waals surface area contributed by atoms with Gasteiger partial charge in [0.15, 0.2) is 0 Å². The fourth-order valence-corrected chi connectivity index (χ4v) is 4.57. The lowest BCUT2D eigenvalue weighted by molar-refractivity contribution is 0.249. The normalized spacial score (nSPS) is 11.9. The fraction of sp³-hybridized carbons (Fsp3) is 0.424. The van der Waals surface area contributed by atoms with Crippen LogP contribution in [0.1, 0.15) is 57.6 Å². The Balaban J connectivity index is 1.72. The zero-order valence-corrected chi connectivity index (χ0v) is 23.6. The van der Waals surface area contributed by atoms with Crippen molar-refractivity contribution in [1.29, 1.82) is 0 Å². The van der Waals surface area contributed by atoms with Gasteiger partial charge in [0.05, 0.1) is 18.0 Å². The molecule has 38 heavy (non-hydrogen) atoms. The Bertz CT molecular complexity index is 1040. The molecule has 0 bridgehead atoms. The minimum absolute atomic E-state index is 0.665. The largest absolute Gasteiger partial charge is 0.493 e. The van der Waals surface area contributed by atoms with Crippen LogP contribution in [0.15, 0.2) is 83.9 Å². The predicted octanol–water partition coefficient (Wildman–Crippen LogP) is 7.34. The van der Waals surface area contributed by atoms with Gasteiger partial charge in [0.2, 0.25) is 0 Å². The first-order chi connectivity index (χ1) is 18.6. The lowest BCUT2D eigenvalue weighted by Crippen LogP contribution is -2.29. The van der Waals surface area contributed by atoms with Crippen molar-refractivity contribution in [1.82, 2.24) is 9.80 Å². The molecule has 0 aromatic heterocycles. The molecule has 0 saturated carbocycles. The summed E-state index contributed by atoms with van der Waals surface area (Å²) in [7, 11) is 0. The summed E-state index contributed by atoms with van der Waals surface area (Å²) in [4.78, 5) is 9.97. The predicted molar refractivity (Wildman–Crippen MR) is 162 cm³/mol. The standard InChI is InChI=1S/C33H46N4O/c1-4-7-19-30(27-37(25-28-15-10-8-11-16-28)26-29-17-12-9-13-18-29)35-33-21-20-31(24-32(33)34)38-23-14-22-36(5-2)6-3/h8-13,15-18,20-21,24H,4-7,14,19,22-23,25-27,34H2,1-3H3/b35-30+. The summed E-state index contributed by atoms with van der Waals surface area (Å²) in [5.74, 6) is 0.811. The van der Waals surface area contributed by atoms with Crippen LogP contribution in [-0.2, 0) is 13.1 Å². The summed E-state index contributed by atoms with van der Waals surface area (Å²) >= 11 is 0. The monoisotopic (exact) mass is 514 g/mol. The Labute approximate surface area is 230 Å². The molecular formula is C33H46N4O. The number of rotatable bonds is 17. The van der Waals surface area contributed by atoms with Crippen molar-refractivity contribution >= 4 is 17.1 Å². The molecule has 0 unspecified atom stereocenters. The van der Waals surface area contributed by atoms with Crippen LogP contribution in [0.5, 0.6) is 5.75 Å². The number of hydrogen-bond acceptors (Lipinski definition) is 5. The smallest absolute Gasteiger partial charge is 0.121 e. The SMILES string of the molecule is CCCC/C(CN(Cc1ccccc1)Cc1ccccc1)=N\c1ccc(OCCCN(CC)CC)cc1N. The second-order valence-corrected chi connectivity index (χ2v) is 9.85. The fourth-order valence-electron chi connectivity index (χ4n) is 4.57. The van der Waals surface area contributed by atoms with E-state index in [0.29, 0.717) is 12.3 Å². The third kappa shape index (κ3) is 10.3. The molecule has 5 nitrogen and oxygen atoms in total. The number of nitrogen functional groups attached to an aromatic ring is 1. The van der Waals surface area contributed by atoms with E-state index >= 15 is 0 Å². The van der Waals surface area contributed by atoms with Gasteiger partial charge in [0.1, 0.15) is 5.75 Å². The molecule has 0 saturated heterocycles. The van der Waals surface area contributed by atoms with Crippen molar-refractivity contribution in [3.05, 3.63) is 90.0 Å². The number of unbranched alkanes of at least 4 members (excludes halogenated alkanes) is 1. The van der Waals surface area contributed by atoms with Gasteiger partial charge in [-0.3, -0.25) is 9.89 Å². The summed E-state index contributed by atoms with van der Waals surface area (Å²) in [5, 5.41) is 0. The minimum Gasteiger partial charge on any atom is -0.493 e. The van der Waals surface area contributed by atoms with E-state index in [9.17, 15) is 0 Å². The molecule has 3 aromatic rings. The Kier molecular flexibility index (Phi) is 12.9. The maximum atomic E-state index is 6.46. The first-order valence-corrected chi connectivity index (χ1v) is 14.2. The van der Waals surface area contributed by atoms with Gasteiger partial charge in [-0.15, -0.1) is 0 Å². The van der Waals surface area contributed by atoms with Gasteiger partial charge in [-0.05, 0) is 55.6 Å². The molecule has 5 heteroatoms. The van der Waals surface area contributed by atoms with E-state index in [1.165, 1.54) is 16.8 Å². The Morgan fingerprint density at radius 2 is 1.42 bits per heavy atom. The van der Waals surface area contributed by atoms with Crippen LogP contribution < -0.4 is 10.5 Å². The van der Waals surface area contributed by atoms with Crippen molar-refractivity contribution in [2.24, 2.45) is 4.99 Å². The average Bonchev–Trinajstić information content (AvgIpc) is 2.94. The van der Waals surface area contributed by atoms with Crippen LogP contribution in [0.3, 0.4) is 0 Å². The van der Waals surface area contributed by atoms with Crippen LogP contribution in [0.2, 0.25) is 0 Å². The van der Waals surface area contributed by atoms with E-state index in [1.807, 2.05) is 18.2 Å². The van der Waals surface area contributed by atoms with E-state index in [1.54, 1.807) is 0 Å². The molecule has 3 aromatic carbocycles. The number of nitrogens with two attached hydrogens (primary N) is 1. The zero-order valence-electron chi connectivity index (χ0n) is 23.6. The van der Waals surface area contributed by atoms with Crippen LogP contribution >= 0.6 is 0 Å². The number of ether oxygens (including phenoxy) is 1. The summed E-state index contributed by atoms with van der Waals surface area (Å²) in [6.45, 7) is 13.0. The molecule has 0 aliphatic heterocycles. The van der Waals surface area contributed by atoms with Gasteiger partial charge >= 0.3 is 0 Å². The maximum absolute atomic E-state index is 6.46. The van der Waals surface area contributed by atoms with Crippen LogP contribution in [0.4, 0.5) is 11.4 Å². The second-order valence-electron chi connectivity index (χ2n) is 9.85. The van der Waals surface area contributed by atoms with Crippen molar-refractivity contribution in [3.63, 3.8) is 0 Å². The lowest BCUT2D eigenvalue weighted by atomic mass is 10.1. The van der Waals surface area contributed by atoms with Crippen LogP contribution in [0.25, 0.3) is 0 Å². The highest BCUT2D eigenvalue weighted by molar-refractivity contribution is 5.90. The highest BCUT2D eigenvalue weighted by Gasteiger charge is 2.12. The number of benzene rings is 3. The number of aliphatic imine (C=N–C) groups is 1. The third-order valence-corrected chi connectivity index (χ3v) is 6.78. The molecule has 2 N–H and O–H groups in total. The molecule has 0 atom stereocenters. The van der Waals surface area contributed by atoms with Crippen LogP contribution in [0, 0.1) is 0 Å². The lowest BCUT2D eigenvalue weighted by Gasteiger charge is -2.24. The van der Waals surface area contributed by atoms with Gasteiger partial charge in [-0.2, -0.15) is 0 Å². The summed E-state index contributed by atoms with van der Waals surface area (Å²) in [6, 6.07) is 27.3. The van der Waals surface area contributed by atoms with Crippen molar-refractivity contribution < 1.29 is 4.74 Å². The molecule has 0 fully saturated rings. The number of nitrogens with zero attached hydrogens (tertiary/aromatic N) is 3. The van der Waals surface area contributed by atoms with Crippen LogP contribution in [-0.4, -0.2) is 48.3 Å². The Hall–Kier alpha value is -3.15. The minimum atomic E-state index is 0.665. The molecule has 0 aliphatic carbocycles. The van der Waals surface area contributed by atoms with Gasteiger partial charge in [-0.1, -0.05) is 87.9 Å². The van der Waals surface area contributed by atoms with Gasteiger partial charge in [0, 0.05) is 38.0 Å². The summed E-state index contributed by atoms with van der Waals surface area (Å²) in [6.07, 6.45) is 4.20. The van der Waals surface area contributed by atoms with E-state index in [-0.39, 0.29) is 0 Å². The van der Waals surface area contributed by atoms with Crippen molar-refractivity contribution in [3.8, 4) is 5.75 Å². The molecule has 3 rings (SSSR count). The van der Waals surface area contributed by atoms with Crippen molar-refractivity contribution in [2.45, 2.75) is 59.5 Å². The summed E-state index contributed by atoms with van der Waals surface area (Å²) in [5.41, 5.74) is 11.7. The Morgan fingerprint density at radius 1 is 0.789 bits per heavy atom. The molecule has 0 spiro atoms. The first-order valence-electron chi connectivity index (χ1n) is 14.2. The maximum Gasteiger partial charge on any atom is 0.121 e. The zero-order chi connectivity index (χ0) is 27.0. The second kappa shape index (κ2) is 16.6. The molecule has 0 heterocycles. The highest BCUT2D eigenvalue weighted by atomic mass is 16.5. The molecule has 0 amide bonds. The van der Waals surface area contributed by atoms with E-state index in [0.717, 1.165) is 76.4 Å². The number of hydrogen-bond donors (Lipinski definition) is 1. The average molecular weight is 515 g/mol. The molecular weight excluding hydrogens is 468 g/mol. The number of anilines is 1. The summed E-state index contributed by atoms with van der Waals surface area (Å²) < 4.78 is 5.99. The van der Waals surface area contributed by atoms with Gasteiger partial charge < -0.3 is 15.4 Å². The van der Waals surface area contributed by atoms with Gasteiger partial charge in [0.25, 0.3) is 0 Å². The molecule has 0 aliphatic rings. The Morgan fingerprint density at radius 3 is 1.97 bits per heavy atom. The van der Waals surface area contributed by atoms with E-state index in [2.05, 4.69) is 91.2 Å². The van der Waals surface area contributed by atoms with Gasteiger partial charge in [-0.25, -0.2) is 0 Å². The topological polar surface area (TPSA) is 54.1 Å². The van der Waals surface area contributed by atoms with E-state index < -0.39 is 0 Å².